The second-order valence-electron chi connectivity index (χ2n) is 4.91. The molecule has 0 bridgehead atoms. The molecule has 1 saturated heterocycles. The van der Waals surface area contributed by atoms with Crippen LogP contribution in [0.2, 0.25) is 0 Å². The lowest BCUT2D eigenvalue weighted by molar-refractivity contribution is -0.140. The van der Waals surface area contributed by atoms with E-state index in [0.717, 1.165) is 4.31 Å². The van der Waals surface area contributed by atoms with E-state index in [9.17, 15) is 18.3 Å². The van der Waals surface area contributed by atoms with E-state index >= 15 is 0 Å². The molecule has 1 heterocycles. The van der Waals surface area contributed by atoms with Gasteiger partial charge in [-0.05, 0) is 30.7 Å². The van der Waals surface area contributed by atoms with Crippen molar-refractivity contribution in [2.45, 2.75) is 30.4 Å². The summed E-state index contributed by atoms with van der Waals surface area (Å²) < 4.78 is 26.0. The van der Waals surface area contributed by atoms with Gasteiger partial charge in [-0.1, -0.05) is 0 Å². The SMILES string of the molecule is Cc1cc(C#N)ccc1S(=O)(=O)N1CC(O)CC1C(=O)O. The molecule has 1 aliphatic rings. The van der Waals surface area contributed by atoms with E-state index in [0.29, 0.717) is 11.1 Å². The first-order chi connectivity index (χ1) is 9.77. The highest BCUT2D eigenvalue weighted by atomic mass is 32.2. The Bertz CT molecular complexity index is 723. The summed E-state index contributed by atoms with van der Waals surface area (Å²) in [7, 11) is -4.04. The molecule has 7 nitrogen and oxygen atoms in total. The maximum Gasteiger partial charge on any atom is 0.322 e. The number of carboxylic acid groups (broad SMARTS) is 1. The maximum atomic E-state index is 12.6. The first-order valence-electron chi connectivity index (χ1n) is 6.21. The van der Waals surface area contributed by atoms with E-state index in [4.69, 9.17) is 10.4 Å². The van der Waals surface area contributed by atoms with Gasteiger partial charge in [-0.15, -0.1) is 0 Å². The summed E-state index contributed by atoms with van der Waals surface area (Å²) in [5.74, 6) is -1.29. The van der Waals surface area contributed by atoms with E-state index in [2.05, 4.69) is 0 Å². The topological polar surface area (TPSA) is 119 Å². The number of sulfonamides is 1. The van der Waals surface area contributed by atoms with Gasteiger partial charge in [0.2, 0.25) is 10.0 Å². The van der Waals surface area contributed by atoms with E-state index in [-0.39, 0.29) is 17.9 Å². The molecule has 21 heavy (non-hydrogen) atoms. The minimum atomic E-state index is -4.04. The van der Waals surface area contributed by atoms with Crippen LogP contribution in [0.1, 0.15) is 17.5 Å². The van der Waals surface area contributed by atoms with Crippen molar-refractivity contribution in [3.05, 3.63) is 29.3 Å². The molecule has 0 amide bonds. The number of nitriles is 1. The van der Waals surface area contributed by atoms with Crippen molar-refractivity contribution < 1.29 is 23.4 Å². The van der Waals surface area contributed by atoms with Gasteiger partial charge in [0.25, 0.3) is 0 Å². The zero-order chi connectivity index (χ0) is 15.8. The third-order valence-corrected chi connectivity index (χ3v) is 5.44. The van der Waals surface area contributed by atoms with Gasteiger partial charge in [-0.3, -0.25) is 4.79 Å². The summed E-state index contributed by atoms with van der Waals surface area (Å²) in [5, 5.41) is 27.5. The lowest BCUT2D eigenvalue weighted by Crippen LogP contribution is -2.40. The summed E-state index contributed by atoms with van der Waals surface area (Å²) >= 11 is 0. The van der Waals surface area contributed by atoms with Crippen LogP contribution in [-0.4, -0.2) is 47.6 Å². The Morgan fingerprint density at radius 3 is 2.67 bits per heavy atom. The number of β-amino-alcohol motifs (C(OH)–C–C–N with tert-alkyl or cyclic N) is 1. The molecule has 0 saturated carbocycles. The number of carboxylic acids is 1. The van der Waals surface area contributed by atoms with E-state index < -0.39 is 28.1 Å². The van der Waals surface area contributed by atoms with Crippen LogP contribution in [0.4, 0.5) is 0 Å². The van der Waals surface area contributed by atoms with Crippen LogP contribution in [0.15, 0.2) is 23.1 Å². The number of aryl methyl sites for hydroxylation is 1. The molecule has 1 aliphatic heterocycles. The zero-order valence-electron chi connectivity index (χ0n) is 11.2. The Balaban J connectivity index is 2.47. The second kappa shape index (κ2) is 5.44. The summed E-state index contributed by atoms with van der Waals surface area (Å²) in [4.78, 5) is 11.1. The summed E-state index contributed by atoms with van der Waals surface area (Å²) in [6.07, 6.45) is -1.14. The lowest BCUT2D eigenvalue weighted by Gasteiger charge is -2.21. The number of benzene rings is 1. The quantitative estimate of drug-likeness (QED) is 0.816. The largest absolute Gasteiger partial charge is 0.480 e. The average molecular weight is 310 g/mol. The molecule has 8 heteroatoms. The highest BCUT2D eigenvalue weighted by molar-refractivity contribution is 7.89. The van der Waals surface area contributed by atoms with Gasteiger partial charge in [-0.25, -0.2) is 8.42 Å². The normalized spacial score (nSPS) is 22.9. The van der Waals surface area contributed by atoms with Crippen LogP contribution < -0.4 is 0 Å². The number of rotatable bonds is 3. The van der Waals surface area contributed by atoms with Crippen molar-refractivity contribution in [3.63, 3.8) is 0 Å². The molecular formula is C13H14N2O5S. The first-order valence-corrected chi connectivity index (χ1v) is 7.65. The van der Waals surface area contributed by atoms with Crippen molar-refractivity contribution in [1.82, 2.24) is 4.31 Å². The number of hydrogen-bond donors (Lipinski definition) is 2. The van der Waals surface area contributed by atoms with Crippen LogP contribution >= 0.6 is 0 Å². The maximum absolute atomic E-state index is 12.6. The van der Waals surface area contributed by atoms with Crippen LogP contribution in [0, 0.1) is 18.3 Å². The third-order valence-electron chi connectivity index (χ3n) is 3.41. The fourth-order valence-electron chi connectivity index (χ4n) is 2.41. The van der Waals surface area contributed by atoms with Crippen molar-refractivity contribution >= 4 is 16.0 Å². The Labute approximate surface area is 122 Å². The molecule has 2 atom stereocenters. The van der Waals surface area contributed by atoms with Crippen LogP contribution in [0.3, 0.4) is 0 Å². The number of aliphatic hydroxyl groups is 1. The summed E-state index contributed by atoms with van der Waals surface area (Å²) in [6, 6.07) is 4.70. The predicted molar refractivity (Wildman–Crippen MR) is 71.8 cm³/mol. The molecule has 0 radical (unpaired) electrons. The number of carbonyl (C=O) groups is 1. The molecule has 1 fully saturated rings. The number of aliphatic hydroxyl groups excluding tert-OH is 1. The van der Waals surface area contributed by atoms with Crippen molar-refractivity contribution in [2.75, 3.05) is 6.54 Å². The molecule has 2 N–H and O–H groups in total. The van der Waals surface area contributed by atoms with Crippen LogP contribution in [0.25, 0.3) is 0 Å². The molecule has 0 spiro atoms. The predicted octanol–water partition coefficient (Wildman–Crippen LogP) is 0.0752. The van der Waals surface area contributed by atoms with Gasteiger partial charge in [-0.2, -0.15) is 9.57 Å². The minimum Gasteiger partial charge on any atom is -0.480 e. The van der Waals surface area contributed by atoms with Gasteiger partial charge >= 0.3 is 5.97 Å². The Morgan fingerprint density at radius 1 is 1.48 bits per heavy atom. The summed E-state index contributed by atoms with van der Waals surface area (Å²) in [6.45, 7) is 1.29. The smallest absolute Gasteiger partial charge is 0.322 e. The van der Waals surface area contributed by atoms with Gasteiger partial charge in [0.05, 0.1) is 22.6 Å². The Morgan fingerprint density at radius 2 is 2.14 bits per heavy atom. The van der Waals surface area contributed by atoms with E-state index in [1.54, 1.807) is 0 Å². The molecule has 0 aromatic heterocycles. The molecule has 1 aromatic carbocycles. The fraction of sp³-hybridized carbons (Fsp3) is 0.385. The third kappa shape index (κ3) is 2.76. The van der Waals surface area contributed by atoms with Crippen molar-refractivity contribution in [1.29, 1.82) is 5.26 Å². The lowest BCUT2D eigenvalue weighted by atomic mass is 10.2. The number of aliphatic carboxylic acids is 1. The Kier molecular flexibility index (Phi) is 4.00. The van der Waals surface area contributed by atoms with Crippen molar-refractivity contribution in [2.24, 2.45) is 0 Å². The van der Waals surface area contributed by atoms with Gasteiger partial charge < -0.3 is 10.2 Å². The highest BCUT2D eigenvalue weighted by Crippen LogP contribution is 2.28. The minimum absolute atomic E-state index is 0.0538. The molecule has 2 unspecified atom stereocenters. The van der Waals surface area contributed by atoms with Crippen LogP contribution in [0.5, 0.6) is 0 Å². The standard InChI is InChI=1S/C13H14N2O5S/c1-8-4-9(6-14)2-3-12(8)21(19,20)15-7-10(16)5-11(15)13(17)18/h2-4,10-11,16H,5,7H2,1H3,(H,17,18). The molecular weight excluding hydrogens is 296 g/mol. The van der Waals surface area contributed by atoms with E-state index in [1.807, 2.05) is 6.07 Å². The van der Waals surface area contributed by atoms with E-state index in [1.165, 1.54) is 25.1 Å². The molecule has 0 aliphatic carbocycles. The Hall–Kier alpha value is -1.95. The molecule has 2 rings (SSSR count). The van der Waals surface area contributed by atoms with Gasteiger partial charge in [0.1, 0.15) is 6.04 Å². The van der Waals surface area contributed by atoms with Gasteiger partial charge in [0.15, 0.2) is 0 Å². The van der Waals surface area contributed by atoms with Crippen LogP contribution in [-0.2, 0) is 14.8 Å². The highest BCUT2D eigenvalue weighted by Gasteiger charge is 2.43. The second-order valence-corrected chi connectivity index (χ2v) is 6.77. The number of hydrogen-bond acceptors (Lipinski definition) is 5. The zero-order valence-corrected chi connectivity index (χ0v) is 12.0. The molecule has 112 valence electrons. The van der Waals surface area contributed by atoms with Gasteiger partial charge in [0, 0.05) is 13.0 Å². The average Bonchev–Trinajstić information content (AvgIpc) is 2.81. The van der Waals surface area contributed by atoms with Crippen molar-refractivity contribution in [3.8, 4) is 6.07 Å². The first kappa shape index (κ1) is 15.4. The molecule has 1 aromatic rings. The monoisotopic (exact) mass is 310 g/mol. The summed E-state index contributed by atoms with van der Waals surface area (Å²) in [5.41, 5.74) is 0.683. The number of nitrogens with zero attached hydrogens (tertiary/aromatic N) is 2. The fourth-order valence-corrected chi connectivity index (χ4v) is 4.25.